The molecule has 0 unspecified atom stereocenters. The van der Waals surface area contributed by atoms with Crippen molar-refractivity contribution in [1.82, 2.24) is 5.32 Å². The van der Waals surface area contributed by atoms with Crippen LogP contribution >= 0.6 is 23.4 Å². The first-order valence-corrected chi connectivity index (χ1v) is 9.57. The number of nitrogens with one attached hydrogen (secondary N) is 1. The molecular formula is C17H22ClNO8S. The molecule has 1 fully saturated rings. The van der Waals surface area contributed by atoms with Gasteiger partial charge in [0.15, 0.2) is 0 Å². The van der Waals surface area contributed by atoms with Crippen molar-refractivity contribution in [3.8, 4) is 0 Å². The SMILES string of the molecule is CC(=O)N[C@H]1[C@H]([C@H](O)[C@H](O)CO)O[C@@](Sc2ccc(Cl)cc2)(C(=O)O)C[C@@H]1O. The van der Waals surface area contributed by atoms with Crippen molar-refractivity contribution in [3.05, 3.63) is 29.3 Å². The molecule has 0 radical (unpaired) electrons. The topological polar surface area (TPSA) is 157 Å². The van der Waals surface area contributed by atoms with Crippen molar-refractivity contribution in [2.24, 2.45) is 0 Å². The van der Waals surface area contributed by atoms with Gasteiger partial charge in [-0.25, -0.2) is 4.79 Å². The number of aliphatic hydroxyl groups excluding tert-OH is 4. The van der Waals surface area contributed by atoms with Crippen LogP contribution in [0.4, 0.5) is 0 Å². The summed E-state index contributed by atoms with van der Waals surface area (Å²) in [7, 11) is 0. The van der Waals surface area contributed by atoms with Crippen LogP contribution in [-0.2, 0) is 14.3 Å². The molecule has 1 aliphatic rings. The average Bonchev–Trinajstić information content (AvgIpc) is 2.64. The third-order valence-corrected chi connectivity index (χ3v) is 5.81. The first kappa shape index (κ1) is 22.9. The van der Waals surface area contributed by atoms with Crippen LogP contribution in [0.15, 0.2) is 29.2 Å². The van der Waals surface area contributed by atoms with Crippen molar-refractivity contribution in [3.63, 3.8) is 0 Å². The smallest absolute Gasteiger partial charge is 0.347 e. The third kappa shape index (κ3) is 5.15. The number of carbonyl (C=O) groups is 2. The Balaban J connectivity index is 2.40. The summed E-state index contributed by atoms with van der Waals surface area (Å²) < 4.78 is 5.67. The zero-order valence-corrected chi connectivity index (χ0v) is 16.4. The van der Waals surface area contributed by atoms with Crippen molar-refractivity contribution >= 4 is 35.2 Å². The largest absolute Gasteiger partial charge is 0.478 e. The highest BCUT2D eigenvalue weighted by atomic mass is 35.5. The molecule has 11 heteroatoms. The lowest BCUT2D eigenvalue weighted by Gasteiger charge is -2.46. The molecule has 0 saturated carbocycles. The highest BCUT2D eigenvalue weighted by Crippen LogP contribution is 2.44. The van der Waals surface area contributed by atoms with E-state index in [1.54, 1.807) is 24.3 Å². The number of hydrogen-bond donors (Lipinski definition) is 6. The zero-order valence-electron chi connectivity index (χ0n) is 14.9. The minimum atomic E-state index is -2.01. The van der Waals surface area contributed by atoms with Crippen LogP contribution in [0.5, 0.6) is 0 Å². The second-order valence-electron chi connectivity index (χ2n) is 6.43. The number of rotatable bonds is 7. The molecule has 0 aromatic heterocycles. The van der Waals surface area contributed by atoms with Crippen LogP contribution < -0.4 is 5.32 Å². The number of halogens is 1. The molecule has 156 valence electrons. The number of thioether (sulfide) groups is 1. The predicted molar refractivity (Wildman–Crippen MR) is 99.9 cm³/mol. The van der Waals surface area contributed by atoms with Gasteiger partial charge in [-0.05, 0) is 24.3 Å². The Morgan fingerprint density at radius 2 is 1.96 bits per heavy atom. The molecule has 6 atom stereocenters. The highest BCUT2D eigenvalue weighted by molar-refractivity contribution is 8.01. The molecule has 0 aliphatic carbocycles. The summed E-state index contributed by atoms with van der Waals surface area (Å²) in [5.74, 6) is -1.96. The van der Waals surface area contributed by atoms with Crippen LogP contribution in [-0.4, -0.2) is 79.4 Å². The van der Waals surface area contributed by atoms with Gasteiger partial charge in [0.2, 0.25) is 10.8 Å². The summed E-state index contributed by atoms with van der Waals surface area (Å²) in [6.45, 7) is 0.356. The normalized spacial score (nSPS) is 29.7. The maximum atomic E-state index is 12.1. The average molecular weight is 436 g/mol. The minimum Gasteiger partial charge on any atom is -0.478 e. The van der Waals surface area contributed by atoms with Gasteiger partial charge in [-0.1, -0.05) is 23.4 Å². The molecule has 0 spiro atoms. The van der Waals surface area contributed by atoms with E-state index >= 15 is 0 Å². The number of aliphatic carboxylic acids is 1. The molecule has 1 aromatic rings. The van der Waals surface area contributed by atoms with E-state index in [1.807, 2.05) is 0 Å². The van der Waals surface area contributed by atoms with Crippen LogP contribution in [0.25, 0.3) is 0 Å². The lowest BCUT2D eigenvalue weighted by molar-refractivity contribution is -0.205. The first-order chi connectivity index (χ1) is 13.1. The molecule has 0 bridgehead atoms. The van der Waals surface area contributed by atoms with E-state index in [-0.39, 0.29) is 0 Å². The second kappa shape index (κ2) is 9.40. The fraction of sp³-hybridized carbons (Fsp3) is 0.529. The molecule has 1 amide bonds. The standard InChI is InChI=1S/C17H22ClNO8S/c1-8(21)19-13-11(22)6-17(16(25)26,27-15(13)14(24)12(23)7-20)28-10-4-2-9(18)3-5-10/h2-5,11-15,20,22-24H,6-7H2,1H3,(H,19,21)(H,25,26)/t11-,12+,13+,14+,15+,17-/m0/s1. The molecule has 9 nitrogen and oxygen atoms in total. The van der Waals surface area contributed by atoms with Crippen molar-refractivity contribution in [2.75, 3.05) is 6.61 Å². The number of hydrogen-bond acceptors (Lipinski definition) is 8. The van der Waals surface area contributed by atoms with E-state index in [9.17, 15) is 30.0 Å². The Bertz CT molecular complexity index is 705. The summed E-state index contributed by atoms with van der Waals surface area (Å²) in [6.07, 6.45) is -6.73. The third-order valence-electron chi connectivity index (χ3n) is 4.28. The van der Waals surface area contributed by atoms with Crippen LogP contribution in [0, 0.1) is 0 Å². The Kier molecular flexibility index (Phi) is 7.68. The highest BCUT2D eigenvalue weighted by Gasteiger charge is 2.55. The number of carbonyl (C=O) groups excluding carboxylic acids is 1. The summed E-state index contributed by atoms with van der Waals surface area (Å²) in [6, 6.07) is 5.07. The molecule has 28 heavy (non-hydrogen) atoms. The zero-order chi connectivity index (χ0) is 21.1. The summed E-state index contributed by atoms with van der Waals surface area (Å²) in [5, 5.41) is 52.5. The van der Waals surface area contributed by atoms with Gasteiger partial charge in [0.1, 0.15) is 18.3 Å². The molecule has 6 N–H and O–H groups in total. The van der Waals surface area contributed by atoms with E-state index in [0.717, 1.165) is 11.8 Å². The van der Waals surface area contributed by atoms with Gasteiger partial charge >= 0.3 is 5.97 Å². The van der Waals surface area contributed by atoms with Crippen molar-refractivity contribution < 1.29 is 39.9 Å². The molecule has 1 heterocycles. The molecule has 1 saturated heterocycles. The number of benzene rings is 1. The monoisotopic (exact) mass is 435 g/mol. The molecule has 1 aliphatic heterocycles. The van der Waals surface area contributed by atoms with Crippen molar-refractivity contribution in [1.29, 1.82) is 0 Å². The Morgan fingerprint density at radius 1 is 1.36 bits per heavy atom. The maximum Gasteiger partial charge on any atom is 0.347 e. The Morgan fingerprint density at radius 3 is 2.46 bits per heavy atom. The van der Waals surface area contributed by atoms with Gasteiger partial charge in [-0.15, -0.1) is 0 Å². The predicted octanol–water partition coefficient (Wildman–Crippen LogP) is -0.418. The summed E-state index contributed by atoms with van der Waals surface area (Å²) in [4.78, 5) is 22.0. The lowest BCUT2D eigenvalue weighted by Crippen LogP contribution is -2.66. The first-order valence-electron chi connectivity index (χ1n) is 8.37. The van der Waals surface area contributed by atoms with Crippen LogP contribution in [0.3, 0.4) is 0 Å². The molecule has 1 aromatic carbocycles. The number of aliphatic hydroxyl groups is 4. The number of carboxylic acid groups (broad SMARTS) is 1. The summed E-state index contributed by atoms with van der Waals surface area (Å²) >= 11 is 6.62. The van der Waals surface area contributed by atoms with Gasteiger partial charge in [0.25, 0.3) is 0 Å². The van der Waals surface area contributed by atoms with Crippen LogP contribution in [0.2, 0.25) is 5.02 Å². The Labute approximate surface area is 170 Å². The van der Waals surface area contributed by atoms with E-state index in [4.69, 9.17) is 21.4 Å². The van der Waals surface area contributed by atoms with E-state index < -0.39 is 60.3 Å². The second-order valence-corrected chi connectivity index (χ2v) is 8.21. The van der Waals surface area contributed by atoms with Gasteiger partial charge in [0.05, 0.1) is 18.8 Å². The van der Waals surface area contributed by atoms with E-state index in [2.05, 4.69) is 5.32 Å². The maximum absolute atomic E-state index is 12.1. The van der Waals surface area contributed by atoms with Crippen molar-refractivity contribution in [2.45, 2.75) is 53.6 Å². The van der Waals surface area contributed by atoms with E-state index in [0.29, 0.717) is 9.92 Å². The van der Waals surface area contributed by atoms with Gasteiger partial charge in [0, 0.05) is 23.3 Å². The number of carboxylic acids is 1. The van der Waals surface area contributed by atoms with E-state index in [1.165, 1.54) is 6.92 Å². The number of ether oxygens (including phenoxy) is 1. The fourth-order valence-corrected chi connectivity index (χ4v) is 4.20. The van der Waals surface area contributed by atoms with Gasteiger partial charge in [-0.2, -0.15) is 0 Å². The Hall–Kier alpha value is -1.40. The quantitative estimate of drug-likeness (QED) is 0.334. The van der Waals surface area contributed by atoms with Crippen LogP contribution in [0.1, 0.15) is 13.3 Å². The minimum absolute atomic E-state index is 0.404. The summed E-state index contributed by atoms with van der Waals surface area (Å²) in [5.41, 5.74) is 0. The molecular weight excluding hydrogens is 414 g/mol. The van der Waals surface area contributed by atoms with Gasteiger partial charge in [-0.3, -0.25) is 4.79 Å². The fourth-order valence-electron chi connectivity index (χ4n) is 2.92. The van der Waals surface area contributed by atoms with Gasteiger partial charge < -0.3 is 35.6 Å². The lowest BCUT2D eigenvalue weighted by atomic mass is 9.90. The number of amides is 1. The molecule has 2 rings (SSSR count).